The Kier molecular flexibility index (Phi) is 4.48. The Morgan fingerprint density at radius 2 is 1.65 bits per heavy atom. The minimum absolute atomic E-state index is 0.367. The Morgan fingerprint density at radius 3 is 2.12 bits per heavy atom. The summed E-state index contributed by atoms with van der Waals surface area (Å²) in [5.74, 6) is 1.48. The largest absolute Gasteiger partial charge is 0.390 e. The summed E-state index contributed by atoms with van der Waals surface area (Å²) in [6, 6.07) is 0. The molecule has 2 rings (SSSR count). The van der Waals surface area contributed by atoms with Crippen LogP contribution in [0.25, 0.3) is 0 Å². The average Bonchev–Trinajstić information content (AvgIpc) is 2.40. The van der Waals surface area contributed by atoms with Crippen LogP contribution >= 0.6 is 0 Å². The molecule has 0 unspecified atom stereocenters. The summed E-state index contributed by atoms with van der Waals surface area (Å²) in [4.78, 5) is 0. The number of aliphatic hydroxyl groups is 1. The molecule has 0 spiro atoms. The molecule has 0 aromatic rings. The molecule has 0 heterocycles. The Hall–Kier alpha value is -0.0800. The highest BCUT2D eigenvalue weighted by Gasteiger charge is 2.41. The van der Waals surface area contributed by atoms with Gasteiger partial charge in [0.05, 0.1) is 11.7 Å². The van der Waals surface area contributed by atoms with Crippen molar-refractivity contribution in [1.82, 2.24) is 0 Å². The Bertz CT molecular complexity index is 223. The maximum atomic E-state index is 10.8. The molecule has 0 atom stereocenters. The molecule has 1 N–H and O–H groups in total. The van der Waals surface area contributed by atoms with Crippen molar-refractivity contribution in [1.29, 1.82) is 0 Å². The van der Waals surface area contributed by atoms with Crippen LogP contribution in [0.3, 0.4) is 0 Å². The molecule has 2 heteroatoms. The number of methoxy groups -OCH3 is 1. The summed E-state index contributed by atoms with van der Waals surface area (Å²) in [7, 11) is 1.79. The van der Waals surface area contributed by atoms with Crippen molar-refractivity contribution in [2.45, 2.75) is 76.4 Å². The molecule has 0 amide bonds. The van der Waals surface area contributed by atoms with E-state index in [2.05, 4.69) is 6.92 Å². The van der Waals surface area contributed by atoms with Gasteiger partial charge in [0.15, 0.2) is 0 Å². The minimum atomic E-state index is -0.367. The summed E-state index contributed by atoms with van der Waals surface area (Å²) in [6.07, 6.45) is 10.8. The smallest absolute Gasteiger partial charge is 0.0677 e. The fourth-order valence-corrected chi connectivity index (χ4v) is 3.84. The first-order valence-electron chi connectivity index (χ1n) is 7.43. The number of ether oxygens (including phenoxy) is 1. The lowest BCUT2D eigenvalue weighted by atomic mass is 9.67. The lowest BCUT2D eigenvalue weighted by Crippen LogP contribution is -2.44. The minimum Gasteiger partial charge on any atom is -0.390 e. The molecular weight excluding hydrogens is 212 g/mol. The number of hydrogen-bond acceptors (Lipinski definition) is 2. The zero-order valence-electron chi connectivity index (χ0n) is 11.5. The molecule has 0 bridgehead atoms. The van der Waals surface area contributed by atoms with Gasteiger partial charge < -0.3 is 9.84 Å². The van der Waals surface area contributed by atoms with Crippen molar-refractivity contribution in [3.8, 4) is 0 Å². The third kappa shape index (κ3) is 3.03. The van der Waals surface area contributed by atoms with Crippen LogP contribution in [0.15, 0.2) is 0 Å². The highest BCUT2D eigenvalue weighted by atomic mass is 16.5. The van der Waals surface area contributed by atoms with Crippen LogP contribution < -0.4 is 0 Å². The van der Waals surface area contributed by atoms with Gasteiger partial charge in [-0.2, -0.15) is 0 Å². The van der Waals surface area contributed by atoms with Gasteiger partial charge in [0.2, 0.25) is 0 Å². The van der Waals surface area contributed by atoms with Gasteiger partial charge in [0.1, 0.15) is 0 Å². The van der Waals surface area contributed by atoms with E-state index >= 15 is 0 Å². The van der Waals surface area contributed by atoms with E-state index < -0.39 is 0 Å². The first-order chi connectivity index (χ1) is 8.18. The van der Waals surface area contributed by atoms with Crippen molar-refractivity contribution < 1.29 is 9.84 Å². The molecule has 2 aliphatic rings. The predicted octanol–water partition coefficient (Wildman–Crippen LogP) is 3.52. The van der Waals surface area contributed by atoms with Crippen molar-refractivity contribution in [2.24, 2.45) is 11.8 Å². The molecule has 2 nitrogen and oxygen atoms in total. The molecule has 0 radical (unpaired) electrons. The second-order valence-electron chi connectivity index (χ2n) is 6.16. The number of hydrogen-bond donors (Lipinski definition) is 1. The molecule has 2 aliphatic carbocycles. The first-order valence-corrected chi connectivity index (χ1v) is 7.43. The maximum Gasteiger partial charge on any atom is 0.0677 e. The van der Waals surface area contributed by atoms with Crippen molar-refractivity contribution in [3.63, 3.8) is 0 Å². The van der Waals surface area contributed by atoms with Crippen LogP contribution in [0, 0.1) is 11.8 Å². The van der Waals surface area contributed by atoms with Crippen LogP contribution in [-0.2, 0) is 4.74 Å². The monoisotopic (exact) mass is 240 g/mol. The molecule has 0 aromatic carbocycles. The average molecular weight is 240 g/mol. The standard InChI is InChI=1S/C15H28O2/c1-3-12-4-6-13(7-5-12)15(16)10-8-14(17-2)9-11-15/h12-14,16H,3-11H2,1-2H3. The van der Waals surface area contributed by atoms with E-state index in [-0.39, 0.29) is 5.60 Å². The highest BCUT2D eigenvalue weighted by Crippen LogP contribution is 2.43. The van der Waals surface area contributed by atoms with E-state index in [1.165, 1.54) is 32.1 Å². The van der Waals surface area contributed by atoms with Gasteiger partial charge in [0.25, 0.3) is 0 Å². The summed E-state index contributed by atoms with van der Waals surface area (Å²) < 4.78 is 5.40. The summed E-state index contributed by atoms with van der Waals surface area (Å²) in [5.41, 5.74) is -0.367. The van der Waals surface area contributed by atoms with Crippen LogP contribution in [0.1, 0.15) is 64.7 Å². The molecular formula is C15H28O2. The van der Waals surface area contributed by atoms with Crippen molar-refractivity contribution in [3.05, 3.63) is 0 Å². The molecule has 0 aromatic heterocycles. The molecule has 2 saturated carbocycles. The van der Waals surface area contributed by atoms with Gasteiger partial charge in [-0.3, -0.25) is 0 Å². The van der Waals surface area contributed by atoms with E-state index in [4.69, 9.17) is 4.74 Å². The third-order valence-electron chi connectivity index (χ3n) is 5.32. The van der Waals surface area contributed by atoms with Crippen LogP contribution in [0.5, 0.6) is 0 Å². The second-order valence-corrected chi connectivity index (χ2v) is 6.16. The Labute approximate surface area is 106 Å². The number of rotatable bonds is 3. The highest BCUT2D eigenvalue weighted by molar-refractivity contribution is 4.93. The van der Waals surface area contributed by atoms with Crippen LogP contribution in [0.4, 0.5) is 0 Å². The predicted molar refractivity (Wildman–Crippen MR) is 70.0 cm³/mol. The van der Waals surface area contributed by atoms with Gasteiger partial charge >= 0.3 is 0 Å². The summed E-state index contributed by atoms with van der Waals surface area (Å²) in [5, 5.41) is 10.8. The quantitative estimate of drug-likeness (QED) is 0.818. The van der Waals surface area contributed by atoms with E-state index in [9.17, 15) is 5.11 Å². The molecule has 17 heavy (non-hydrogen) atoms. The summed E-state index contributed by atoms with van der Waals surface area (Å²) >= 11 is 0. The maximum absolute atomic E-state index is 10.8. The second kappa shape index (κ2) is 5.71. The SMILES string of the molecule is CCC1CCC(C2(O)CCC(OC)CC2)CC1. The van der Waals surface area contributed by atoms with Gasteiger partial charge in [-0.25, -0.2) is 0 Å². The normalized spacial score (nSPS) is 43.6. The first kappa shape index (κ1) is 13.4. The zero-order chi connectivity index (χ0) is 12.3. The molecule has 2 fully saturated rings. The molecule has 100 valence electrons. The fourth-order valence-electron chi connectivity index (χ4n) is 3.84. The van der Waals surface area contributed by atoms with E-state index in [1.54, 1.807) is 7.11 Å². The van der Waals surface area contributed by atoms with E-state index in [0.29, 0.717) is 12.0 Å². The van der Waals surface area contributed by atoms with Crippen LogP contribution in [-0.4, -0.2) is 23.9 Å². The Morgan fingerprint density at radius 1 is 1.06 bits per heavy atom. The van der Waals surface area contributed by atoms with Crippen molar-refractivity contribution >= 4 is 0 Å². The van der Waals surface area contributed by atoms with Gasteiger partial charge in [-0.05, 0) is 50.4 Å². The lowest BCUT2D eigenvalue weighted by molar-refractivity contribution is -0.0921. The van der Waals surface area contributed by atoms with Gasteiger partial charge in [-0.1, -0.05) is 26.2 Å². The van der Waals surface area contributed by atoms with Crippen LogP contribution in [0.2, 0.25) is 0 Å². The van der Waals surface area contributed by atoms with Crippen molar-refractivity contribution in [2.75, 3.05) is 7.11 Å². The fraction of sp³-hybridized carbons (Fsp3) is 1.00. The molecule has 0 saturated heterocycles. The van der Waals surface area contributed by atoms with Gasteiger partial charge in [-0.15, -0.1) is 0 Å². The summed E-state index contributed by atoms with van der Waals surface area (Å²) in [6.45, 7) is 2.30. The molecule has 0 aliphatic heterocycles. The van der Waals surface area contributed by atoms with Gasteiger partial charge in [0, 0.05) is 7.11 Å². The third-order valence-corrected chi connectivity index (χ3v) is 5.32. The topological polar surface area (TPSA) is 29.5 Å². The van der Waals surface area contributed by atoms with E-state index in [1.807, 2.05) is 0 Å². The Balaban J connectivity index is 1.85. The van der Waals surface area contributed by atoms with E-state index in [0.717, 1.165) is 31.6 Å². The zero-order valence-corrected chi connectivity index (χ0v) is 11.5. The lowest BCUT2D eigenvalue weighted by Gasteiger charge is -2.44.